The van der Waals surface area contributed by atoms with E-state index in [0.717, 1.165) is 25.7 Å². The quantitative estimate of drug-likeness (QED) is 0.724. The van der Waals surface area contributed by atoms with E-state index in [4.69, 9.17) is 4.42 Å². The van der Waals surface area contributed by atoms with Crippen LogP contribution in [-0.2, 0) is 16.6 Å². The molecule has 0 amide bonds. The Bertz CT molecular complexity index is 526. The Kier molecular flexibility index (Phi) is 5.20. The predicted octanol–water partition coefficient (Wildman–Crippen LogP) is 0.828. The van der Waals surface area contributed by atoms with E-state index in [1.807, 2.05) is 0 Å². The molecule has 1 saturated carbocycles. The van der Waals surface area contributed by atoms with E-state index in [-0.39, 0.29) is 23.7 Å². The van der Waals surface area contributed by atoms with E-state index in [2.05, 4.69) is 10.0 Å². The number of aliphatic hydroxyl groups excluding tert-OH is 1. The summed E-state index contributed by atoms with van der Waals surface area (Å²) in [6.45, 7) is 0.495. The summed E-state index contributed by atoms with van der Waals surface area (Å²) in [4.78, 5) is 0. The van der Waals surface area contributed by atoms with Crippen molar-refractivity contribution in [1.82, 2.24) is 10.0 Å². The first-order valence-electron chi connectivity index (χ1n) is 6.93. The summed E-state index contributed by atoms with van der Waals surface area (Å²) in [5.74, 6) is 0.570. The molecule has 0 saturated heterocycles. The number of furan rings is 1. The van der Waals surface area contributed by atoms with Crippen LogP contribution in [0.15, 0.2) is 21.6 Å². The molecule has 2 atom stereocenters. The summed E-state index contributed by atoms with van der Waals surface area (Å²) in [6.07, 6.45) is 3.63. The summed E-state index contributed by atoms with van der Waals surface area (Å²) in [7, 11) is -1.89. The van der Waals surface area contributed by atoms with Crippen LogP contribution in [0, 0.1) is 5.92 Å². The van der Waals surface area contributed by atoms with E-state index in [1.165, 1.54) is 6.07 Å². The van der Waals surface area contributed by atoms with Crippen molar-refractivity contribution in [1.29, 1.82) is 0 Å². The van der Waals surface area contributed by atoms with Crippen LogP contribution in [-0.4, -0.2) is 33.2 Å². The number of sulfonamides is 1. The number of nitrogens with one attached hydrogen (secondary N) is 2. The maximum atomic E-state index is 12.3. The molecule has 0 aliphatic heterocycles. The van der Waals surface area contributed by atoms with Crippen LogP contribution in [0.2, 0.25) is 0 Å². The lowest BCUT2D eigenvalue weighted by Crippen LogP contribution is -2.43. The fraction of sp³-hybridized carbons (Fsp3) is 0.692. The fourth-order valence-corrected chi connectivity index (χ4v) is 3.90. The average Bonchev–Trinajstić information content (AvgIpc) is 2.89. The second kappa shape index (κ2) is 6.71. The van der Waals surface area contributed by atoms with Gasteiger partial charge in [0.1, 0.15) is 5.76 Å². The van der Waals surface area contributed by atoms with Gasteiger partial charge in [0.25, 0.3) is 10.0 Å². The minimum Gasteiger partial charge on any atom is -0.447 e. The Labute approximate surface area is 119 Å². The number of aliphatic hydroxyl groups is 1. The van der Waals surface area contributed by atoms with Gasteiger partial charge in [0.15, 0.2) is 0 Å². The highest BCUT2D eigenvalue weighted by molar-refractivity contribution is 7.89. The minimum atomic E-state index is -3.66. The van der Waals surface area contributed by atoms with Crippen molar-refractivity contribution in [3.63, 3.8) is 0 Å². The highest BCUT2D eigenvalue weighted by atomic mass is 32.2. The Balaban J connectivity index is 2.09. The van der Waals surface area contributed by atoms with Gasteiger partial charge in [-0.1, -0.05) is 12.8 Å². The van der Waals surface area contributed by atoms with Crippen molar-refractivity contribution in [2.45, 2.75) is 43.4 Å². The molecule has 1 heterocycles. The third-order valence-corrected chi connectivity index (χ3v) is 5.07. The van der Waals surface area contributed by atoms with Crippen molar-refractivity contribution in [2.24, 2.45) is 5.92 Å². The molecule has 2 rings (SSSR count). The van der Waals surface area contributed by atoms with Crippen LogP contribution in [0.25, 0.3) is 0 Å². The standard InChI is InChI=1S/C13H22N2O4S/c1-14-8-11-6-7-13(19-11)20(17,18)15-12-5-3-2-4-10(12)9-16/h6-7,10,12,14-16H,2-5,8-9H2,1H3. The van der Waals surface area contributed by atoms with Crippen LogP contribution in [0.4, 0.5) is 0 Å². The summed E-state index contributed by atoms with van der Waals surface area (Å²) in [5, 5.41) is 12.2. The molecule has 6 nitrogen and oxygen atoms in total. The molecular formula is C13H22N2O4S. The van der Waals surface area contributed by atoms with Gasteiger partial charge in [-0.2, -0.15) is 0 Å². The van der Waals surface area contributed by atoms with E-state index in [9.17, 15) is 13.5 Å². The topological polar surface area (TPSA) is 91.6 Å². The predicted molar refractivity (Wildman–Crippen MR) is 74.6 cm³/mol. The first-order valence-corrected chi connectivity index (χ1v) is 8.41. The molecule has 7 heteroatoms. The highest BCUT2D eigenvalue weighted by Crippen LogP contribution is 2.25. The maximum Gasteiger partial charge on any atom is 0.274 e. The van der Waals surface area contributed by atoms with Crippen molar-refractivity contribution in [3.05, 3.63) is 17.9 Å². The summed E-state index contributed by atoms with van der Waals surface area (Å²) in [5.41, 5.74) is 0. The maximum absolute atomic E-state index is 12.3. The molecule has 20 heavy (non-hydrogen) atoms. The lowest BCUT2D eigenvalue weighted by Gasteiger charge is -2.30. The zero-order valence-electron chi connectivity index (χ0n) is 11.6. The van der Waals surface area contributed by atoms with Gasteiger partial charge in [-0.05, 0) is 37.9 Å². The lowest BCUT2D eigenvalue weighted by atomic mass is 9.86. The van der Waals surface area contributed by atoms with Crippen molar-refractivity contribution >= 4 is 10.0 Å². The second-order valence-electron chi connectivity index (χ2n) is 5.21. The number of hydrogen-bond donors (Lipinski definition) is 3. The second-order valence-corrected chi connectivity index (χ2v) is 6.85. The van der Waals surface area contributed by atoms with Gasteiger partial charge in [0, 0.05) is 12.6 Å². The Morgan fingerprint density at radius 2 is 2.10 bits per heavy atom. The minimum absolute atomic E-state index is 0.00901. The average molecular weight is 302 g/mol. The van der Waals surface area contributed by atoms with Gasteiger partial charge in [0.2, 0.25) is 5.09 Å². The van der Waals surface area contributed by atoms with Crippen molar-refractivity contribution in [3.8, 4) is 0 Å². The Hall–Kier alpha value is -0.890. The monoisotopic (exact) mass is 302 g/mol. The zero-order chi connectivity index (χ0) is 14.6. The first-order chi connectivity index (χ1) is 9.56. The zero-order valence-corrected chi connectivity index (χ0v) is 12.4. The normalized spacial score (nSPS) is 23.9. The van der Waals surface area contributed by atoms with Gasteiger partial charge in [-0.3, -0.25) is 0 Å². The van der Waals surface area contributed by atoms with Gasteiger partial charge >= 0.3 is 0 Å². The summed E-state index contributed by atoms with van der Waals surface area (Å²) in [6, 6.07) is 2.90. The van der Waals surface area contributed by atoms with Gasteiger partial charge in [0.05, 0.1) is 6.54 Å². The van der Waals surface area contributed by atoms with E-state index in [0.29, 0.717) is 12.3 Å². The number of rotatable bonds is 6. The van der Waals surface area contributed by atoms with E-state index < -0.39 is 10.0 Å². The lowest BCUT2D eigenvalue weighted by molar-refractivity contribution is 0.164. The molecule has 0 aromatic carbocycles. The SMILES string of the molecule is CNCc1ccc(S(=O)(=O)NC2CCCCC2CO)o1. The molecule has 1 aromatic rings. The van der Waals surface area contributed by atoms with Gasteiger partial charge < -0.3 is 14.8 Å². The van der Waals surface area contributed by atoms with Crippen molar-refractivity contribution < 1.29 is 17.9 Å². The highest BCUT2D eigenvalue weighted by Gasteiger charge is 2.30. The molecular weight excluding hydrogens is 280 g/mol. The molecule has 1 aromatic heterocycles. The summed E-state index contributed by atoms with van der Waals surface area (Å²) < 4.78 is 32.5. The molecule has 0 radical (unpaired) electrons. The molecule has 2 unspecified atom stereocenters. The molecule has 0 bridgehead atoms. The van der Waals surface area contributed by atoms with Crippen molar-refractivity contribution in [2.75, 3.05) is 13.7 Å². The van der Waals surface area contributed by atoms with Crippen LogP contribution in [0.1, 0.15) is 31.4 Å². The number of hydrogen-bond acceptors (Lipinski definition) is 5. The first kappa shape index (κ1) is 15.5. The van der Waals surface area contributed by atoms with E-state index in [1.54, 1.807) is 13.1 Å². The fourth-order valence-electron chi connectivity index (χ4n) is 2.61. The molecule has 114 valence electrons. The molecule has 1 aliphatic rings. The molecule has 1 fully saturated rings. The van der Waals surface area contributed by atoms with Gasteiger partial charge in [-0.15, -0.1) is 0 Å². The van der Waals surface area contributed by atoms with Gasteiger partial charge in [-0.25, -0.2) is 13.1 Å². The third-order valence-electron chi connectivity index (χ3n) is 3.70. The Morgan fingerprint density at radius 1 is 1.35 bits per heavy atom. The van der Waals surface area contributed by atoms with E-state index >= 15 is 0 Å². The molecule has 0 spiro atoms. The van der Waals surface area contributed by atoms with Crippen LogP contribution >= 0.6 is 0 Å². The van der Waals surface area contributed by atoms with Crippen LogP contribution in [0.5, 0.6) is 0 Å². The molecule has 1 aliphatic carbocycles. The Morgan fingerprint density at radius 3 is 2.80 bits per heavy atom. The third kappa shape index (κ3) is 3.60. The van der Waals surface area contributed by atoms with Crippen LogP contribution in [0.3, 0.4) is 0 Å². The summed E-state index contributed by atoms with van der Waals surface area (Å²) >= 11 is 0. The molecule has 3 N–H and O–H groups in total. The largest absolute Gasteiger partial charge is 0.447 e. The smallest absolute Gasteiger partial charge is 0.274 e. The van der Waals surface area contributed by atoms with Crippen LogP contribution < -0.4 is 10.0 Å².